The quantitative estimate of drug-likeness (QED) is 0.916. The minimum Gasteiger partial charge on any atom is -0.376 e. The van der Waals surface area contributed by atoms with Gasteiger partial charge in [-0.2, -0.15) is 13.2 Å². The van der Waals surface area contributed by atoms with E-state index in [0.29, 0.717) is 5.69 Å². The van der Waals surface area contributed by atoms with Crippen LogP contribution in [0.2, 0.25) is 0 Å². The van der Waals surface area contributed by atoms with E-state index in [0.717, 1.165) is 5.69 Å². The van der Waals surface area contributed by atoms with Gasteiger partial charge < -0.3 is 15.1 Å². The van der Waals surface area contributed by atoms with Crippen molar-refractivity contribution in [3.05, 3.63) is 24.3 Å². The molecule has 2 rings (SSSR count). The molecule has 0 bridgehead atoms. The molecule has 1 aliphatic heterocycles. The normalized spacial score (nSPS) is 19.2. The van der Waals surface area contributed by atoms with Crippen LogP contribution in [0.15, 0.2) is 24.3 Å². The standard InChI is InChI=1S/C16H23F3N4O/c1-12-10-22(8-9-23(12)11-16(17,18)19)15(24)20-13-6-4-5-7-14(13)21(2)3/h4-7,12H,8-11H2,1-3H3,(H,20,24). The average Bonchev–Trinajstić information content (AvgIpc) is 2.48. The van der Waals surface area contributed by atoms with Crippen LogP contribution >= 0.6 is 0 Å². The zero-order valence-corrected chi connectivity index (χ0v) is 14.1. The van der Waals surface area contributed by atoms with Crippen LogP contribution in [0, 0.1) is 0 Å². The number of para-hydroxylation sites is 2. The highest BCUT2D eigenvalue weighted by Crippen LogP contribution is 2.25. The molecule has 1 fully saturated rings. The molecule has 1 atom stereocenters. The van der Waals surface area contributed by atoms with Gasteiger partial charge in [0.05, 0.1) is 17.9 Å². The summed E-state index contributed by atoms with van der Waals surface area (Å²) in [5.41, 5.74) is 1.55. The molecule has 134 valence electrons. The summed E-state index contributed by atoms with van der Waals surface area (Å²) >= 11 is 0. The van der Waals surface area contributed by atoms with Crippen LogP contribution in [0.4, 0.5) is 29.3 Å². The van der Waals surface area contributed by atoms with Crippen molar-refractivity contribution in [3.8, 4) is 0 Å². The van der Waals surface area contributed by atoms with E-state index in [1.807, 2.05) is 37.2 Å². The maximum Gasteiger partial charge on any atom is 0.401 e. The highest BCUT2D eigenvalue weighted by Gasteiger charge is 2.36. The topological polar surface area (TPSA) is 38.8 Å². The number of amides is 2. The van der Waals surface area contributed by atoms with E-state index in [2.05, 4.69) is 5.32 Å². The molecule has 1 aromatic rings. The minimum atomic E-state index is -4.22. The van der Waals surface area contributed by atoms with Crippen LogP contribution in [0.25, 0.3) is 0 Å². The molecule has 2 amide bonds. The number of carbonyl (C=O) groups is 1. The number of hydrogen-bond donors (Lipinski definition) is 1. The molecule has 0 radical (unpaired) electrons. The number of nitrogens with zero attached hydrogens (tertiary/aromatic N) is 3. The van der Waals surface area contributed by atoms with Crippen LogP contribution < -0.4 is 10.2 Å². The third-order valence-corrected chi connectivity index (χ3v) is 4.06. The molecule has 1 aromatic carbocycles. The summed E-state index contributed by atoms with van der Waals surface area (Å²) in [7, 11) is 3.76. The Morgan fingerprint density at radius 2 is 1.96 bits per heavy atom. The van der Waals surface area contributed by atoms with Gasteiger partial charge >= 0.3 is 12.2 Å². The van der Waals surface area contributed by atoms with Crippen molar-refractivity contribution >= 4 is 17.4 Å². The highest BCUT2D eigenvalue weighted by atomic mass is 19.4. The molecule has 8 heteroatoms. The lowest BCUT2D eigenvalue weighted by Crippen LogP contribution is -2.56. The molecule has 5 nitrogen and oxygen atoms in total. The van der Waals surface area contributed by atoms with Gasteiger partial charge in [0.2, 0.25) is 0 Å². The van der Waals surface area contributed by atoms with Gasteiger partial charge in [-0.25, -0.2) is 4.79 Å². The largest absolute Gasteiger partial charge is 0.401 e. The number of nitrogens with one attached hydrogen (secondary N) is 1. The first-order chi connectivity index (χ1) is 11.2. The smallest absolute Gasteiger partial charge is 0.376 e. The SMILES string of the molecule is CC1CN(C(=O)Nc2ccccc2N(C)C)CCN1CC(F)(F)F. The number of benzene rings is 1. The number of alkyl halides is 3. The van der Waals surface area contributed by atoms with Gasteiger partial charge in [0, 0.05) is 39.8 Å². The van der Waals surface area contributed by atoms with Crippen molar-refractivity contribution in [2.24, 2.45) is 0 Å². The molecule has 1 N–H and O–H groups in total. The van der Waals surface area contributed by atoms with Gasteiger partial charge in [-0.05, 0) is 19.1 Å². The van der Waals surface area contributed by atoms with E-state index in [4.69, 9.17) is 0 Å². The minimum absolute atomic E-state index is 0.212. The number of anilines is 2. The fourth-order valence-corrected chi connectivity index (χ4v) is 2.81. The second kappa shape index (κ2) is 7.29. The molecular formula is C16H23F3N4O. The molecular weight excluding hydrogens is 321 g/mol. The molecule has 1 saturated heterocycles. The molecule has 1 aliphatic rings. The Morgan fingerprint density at radius 3 is 2.54 bits per heavy atom. The Labute approximate surface area is 140 Å². The zero-order chi connectivity index (χ0) is 17.9. The molecule has 0 spiro atoms. The maximum atomic E-state index is 12.5. The maximum absolute atomic E-state index is 12.5. The summed E-state index contributed by atoms with van der Waals surface area (Å²) in [6, 6.07) is 6.77. The fourth-order valence-electron chi connectivity index (χ4n) is 2.81. The molecule has 0 saturated carbocycles. The number of hydrogen-bond acceptors (Lipinski definition) is 3. The third-order valence-electron chi connectivity index (χ3n) is 4.06. The summed E-state index contributed by atoms with van der Waals surface area (Å²) in [5.74, 6) is 0. The monoisotopic (exact) mass is 344 g/mol. The Kier molecular flexibility index (Phi) is 5.58. The van der Waals surface area contributed by atoms with Crippen molar-refractivity contribution in [2.45, 2.75) is 19.1 Å². The first kappa shape index (κ1) is 18.4. The third kappa shape index (κ3) is 4.77. The van der Waals surface area contributed by atoms with Crippen molar-refractivity contribution < 1.29 is 18.0 Å². The Bertz CT molecular complexity index is 577. The first-order valence-electron chi connectivity index (χ1n) is 7.80. The van der Waals surface area contributed by atoms with Crippen molar-refractivity contribution in [1.82, 2.24) is 9.80 Å². The zero-order valence-electron chi connectivity index (χ0n) is 14.1. The Morgan fingerprint density at radius 1 is 1.29 bits per heavy atom. The van der Waals surface area contributed by atoms with Crippen molar-refractivity contribution in [3.63, 3.8) is 0 Å². The van der Waals surface area contributed by atoms with Gasteiger partial charge in [0.1, 0.15) is 0 Å². The summed E-state index contributed by atoms with van der Waals surface area (Å²) < 4.78 is 37.6. The van der Waals surface area contributed by atoms with E-state index in [9.17, 15) is 18.0 Å². The number of piperazine rings is 1. The molecule has 1 heterocycles. The molecule has 0 aromatic heterocycles. The van der Waals surface area contributed by atoms with Crippen LogP contribution in [0.5, 0.6) is 0 Å². The van der Waals surface area contributed by atoms with Gasteiger partial charge in [0.25, 0.3) is 0 Å². The average molecular weight is 344 g/mol. The number of urea groups is 1. The number of carbonyl (C=O) groups excluding carboxylic acids is 1. The molecule has 0 aliphatic carbocycles. The van der Waals surface area contributed by atoms with Gasteiger partial charge in [-0.3, -0.25) is 4.90 Å². The number of rotatable bonds is 3. The predicted molar refractivity (Wildman–Crippen MR) is 88.5 cm³/mol. The van der Waals surface area contributed by atoms with Crippen LogP contribution in [0.1, 0.15) is 6.92 Å². The van der Waals surface area contributed by atoms with Gasteiger partial charge in [-0.1, -0.05) is 12.1 Å². The van der Waals surface area contributed by atoms with E-state index < -0.39 is 12.7 Å². The first-order valence-corrected chi connectivity index (χ1v) is 7.80. The molecule has 24 heavy (non-hydrogen) atoms. The second-order valence-corrected chi connectivity index (χ2v) is 6.22. The summed E-state index contributed by atoms with van der Waals surface area (Å²) in [5, 5.41) is 2.85. The summed E-state index contributed by atoms with van der Waals surface area (Å²) in [6.07, 6.45) is -4.22. The summed E-state index contributed by atoms with van der Waals surface area (Å²) in [6.45, 7) is 1.53. The van der Waals surface area contributed by atoms with Crippen molar-refractivity contribution in [2.75, 3.05) is 50.5 Å². The number of halogens is 3. The van der Waals surface area contributed by atoms with Crippen LogP contribution in [0.3, 0.4) is 0 Å². The van der Waals surface area contributed by atoms with E-state index >= 15 is 0 Å². The van der Waals surface area contributed by atoms with E-state index in [1.165, 1.54) is 4.90 Å². The Hall–Kier alpha value is -1.96. The molecule has 1 unspecified atom stereocenters. The lowest BCUT2D eigenvalue weighted by molar-refractivity contribution is -0.153. The van der Waals surface area contributed by atoms with E-state index in [1.54, 1.807) is 17.9 Å². The predicted octanol–water partition coefficient (Wildman–Crippen LogP) is 2.85. The lowest BCUT2D eigenvalue weighted by Gasteiger charge is -2.40. The van der Waals surface area contributed by atoms with E-state index in [-0.39, 0.29) is 31.7 Å². The fraction of sp³-hybridized carbons (Fsp3) is 0.562. The Balaban J connectivity index is 1.98. The highest BCUT2D eigenvalue weighted by molar-refractivity contribution is 5.93. The summed E-state index contributed by atoms with van der Waals surface area (Å²) in [4.78, 5) is 17.2. The van der Waals surface area contributed by atoms with Crippen LogP contribution in [-0.2, 0) is 0 Å². The second-order valence-electron chi connectivity index (χ2n) is 6.22. The van der Waals surface area contributed by atoms with Crippen molar-refractivity contribution in [1.29, 1.82) is 0 Å². The van der Waals surface area contributed by atoms with Gasteiger partial charge in [-0.15, -0.1) is 0 Å². The lowest BCUT2D eigenvalue weighted by atomic mass is 10.2. The van der Waals surface area contributed by atoms with Gasteiger partial charge in [0.15, 0.2) is 0 Å². The van der Waals surface area contributed by atoms with Crippen LogP contribution in [-0.4, -0.2) is 68.3 Å².